The van der Waals surface area contributed by atoms with Crippen LogP contribution in [0.25, 0.3) is 22.4 Å². The van der Waals surface area contributed by atoms with Crippen molar-refractivity contribution in [1.82, 2.24) is 4.98 Å². The Morgan fingerprint density at radius 3 is 2.10 bits per heavy atom. The van der Waals surface area contributed by atoms with E-state index in [-0.39, 0.29) is 0 Å². The van der Waals surface area contributed by atoms with E-state index in [4.69, 9.17) is 0 Å². The predicted molar refractivity (Wildman–Crippen MR) is 80.5 cm³/mol. The maximum Gasteiger partial charge on any atom is 0.150 e. The number of carbonyl (C=O) groups excluding carboxylic acids is 1. The van der Waals surface area contributed by atoms with Gasteiger partial charge in [0, 0.05) is 17.3 Å². The first-order valence-corrected chi connectivity index (χ1v) is 6.44. The van der Waals surface area contributed by atoms with Gasteiger partial charge in [-0.15, -0.1) is 0 Å². The van der Waals surface area contributed by atoms with Crippen LogP contribution in [0.15, 0.2) is 72.9 Å². The molecule has 0 spiro atoms. The summed E-state index contributed by atoms with van der Waals surface area (Å²) in [6.45, 7) is 0. The number of nitrogens with zero attached hydrogens (tertiary/aromatic N) is 1. The number of hydrogen-bond acceptors (Lipinski definition) is 2. The summed E-state index contributed by atoms with van der Waals surface area (Å²) >= 11 is 0. The monoisotopic (exact) mass is 259 g/mol. The summed E-state index contributed by atoms with van der Waals surface area (Å²) in [5.41, 5.74) is 4.92. The fourth-order valence-electron chi connectivity index (χ4n) is 2.22. The van der Waals surface area contributed by atoms with Crippen molar-refractivity contribution >= 4 is 6.29 Å². The van der Waals surface area contributed by atoms with E-state index in [0.717, 1.165) is 28.7 Å². The van der Waals surface area contributed by atoms with E-state index in [0.29, 0.717) is 5.56 Å². The highest BCUT2D eigenvalue weighted by Crippen LogP contribution is 2.30. The van der Waals surface area contributed by atoms with Crippen LogP contribution in [-0.4, -0.2) is 11.3 Å². The Hall–Kier alpha value is -2.74. The molecule has 2 aromatic carbocycles. The minimum atomic E-state index is 0.684. The quantitative estimate of drug-likeness (QED) is 0.659. The van der Waals surface area contributed by atoms with Crippen LogP contribution in [0.3, 0.4) is 0 Å². The van der Waals surface area contributed by atoms with E-state index in [9.17, 15) is 4.79 Å². The zero-order valence-electron chi connectivity index (χ0n) is 10.9. The SMILES string of the molecule is O=Cc1ccc(-c2ccccc2-c2ccccn2)cc1. The third-order valence-electron chi connectivity index (χ3n) is 3.23. The van der Waals surface area contributed by atoms with E-state index >= 15 is 0 Å². The molecule has 0 saturated heterocycles. The number of benzene rings is 2. The lowest BCUT2D eigenvalue weighted by molar-refractivity contribution is 0.112. The molecule has 3 aromatic rings. The summed E-state index contributed by atoms with van der Waals surface area (Å²) in [6, 6.07) is 21.6. The van der Waals surface area contributed by atoms with Crippen LogP contribution >= 0.6 is 0 Å². The van der Waals surface area contributed by atoms with Gasteiger partial charge in [0.05, 0.1) is 5.69 Å². The Morgan fingerprint density at radius 2 is 1.45 bits per heavy atom. The van der Waals surface area contributed by atoms with Crippen LogP contribution in [0.1, 0.15) is 10.4 Å². The maximum atomic E-state index is 10.7. The highest BCUT2D eigenvalue weighted by atomic mass is 16.1. The van der Waals surface area contributed by atoms with E-state index in [1.165, 1.54) is 0 Å². The van der Waals surface area contributed by atoms with Gasteiger partial charge < -0.3 is 0 Å². The summed E-state index contributed by atoms with van der Waals surface area (Å²) in [5, 5.41) is 0. The number of carbonyl (C=O) groups is 1. The van der Waals surface area contributed by atoms with Gasteiger partial charge in [0.1, 0.15) is 6.29 Å². The Balaban J connectivity index is 2.12. The average molecular weight is 259 g/mol. The van der Waals surface area contributed by atoms with Gasteiger partial charge in [0.25, 0.3) is 0 Å². The van der Waals surface area contributed by atoms with E-state index in [1.54, 1.807) is 6.20 Å². The minimum absolute atomic E-state index is 0.684. The number of rotatable bonds is 3. The van der Waals surface area contributed by atoms with Crippen LogP contribution in [0.4, 0.5) is 0 Å². The van der Waals surface area contributed by atoms with Gasteiger partial charge in [-0.3, -0.25) is 9.78 Å². The van der Waals surface area contributed by atoms with Gasteiger partial charge in [-0.25, -0.2) is 0 Å². The first-order chi connectivity index (χ1) is 9.88. The van der Waals surface area contributed by atoms with Crippen molar-refractivity contribution in [3.63, 3.8) is 0 Å². The van der Waals surface area contributed by atoms with E-state index in [2.05, 4.69) is 17.1 Å². The molecule has 0 atom stereocenters. The second kappa shape index (κ2) is 5.49. The third kappa shape index (κ3) is 2.36. The van der Waals surface area contributed by atoms with Gasteiger partial charge in [-0.1, -0.05) is 54.6 Å². The minimum Gasteiger partial charge on any atom is -0.298 e. The summed E-state index contributed by atoms with van der Waals surface area (Å²) in [6.07, 6.45) is 2.65. The summed E-state index contributed by atoms with van der Waals surface area (Å²) in [4.78, 5) is 15.1. The van der Waals surface area contributed by atoms with Crippen LogP contribution in [0.2, 0.25) is 0 Å². The molecule has 0 amide bonds. The fourth-order valence-corrected chi connectivity index (χ4v) is 2.22. The van der Waals surface area contributed by atoms with Gasteiger partial charge in [0.15, 0.2) is 0 Å². The Labute approximate surface area is 117 Å². The molecule has 0 radical (unpaired) electrons. The lowest BCUT2D eigenvalue weighted by Gasteiger charge is -2.09. The van der Waals surface area contributed by atoms with Crippen molar-refractivity contribution in [2.75, 3.05) is 0 Å². The molecule has 0 N–H and O–H groups in total. The van der Waals surface area contributed by atoms with Crippen LogP contribution < -0.4 is 0 Å². The van der Waals surface area contributed by atoms with Gasteiger partial charge in [0.2, 0.25) is 0 Å². The van der Waals surface area contributed by atoms with Crippen LogP contribution in [0, 0.1) is 0 Å². The topological polar surface area (TPSA) is 30.0 Å². The molecule has 3 rings (SSSR count). The number of hydrogen-bond donors (Lipinski definition) is 0. The molecule has 0 fully saturated rings. The smallest absolute Gasteiger partial charge is 0.150 e. The van der Waals surface area contributed by atoms with Gasteiger partial charge in [-0.2, -0.15) is 0 Å². The molecule has 96 valence electrons. The highest BCUT2D eigenvalue weighted by Gasteiger charge is 2.07. The Kier molecular flexibility index (Phi) is 3.38. The summed E-state index contributed by atoms with van der Waals surface area (Å²) in [7, 11) is 0. The molecule has 1 heterocycles. The van der Waals surface area contributed by atoms with Gasteiger partial charge in [-0.05, 0) is 23.3 Å². The summed E-state index contributed by atoms with van der Waals surface area (Å²) in [5.74, 6) is 0. The van der Waals surface area contributed by atoms with E-state index < -0.39 is 0 Å². The standard InChI is InChI=1S/C18H13NO/c20-13-14-8-10-15(11-9-14)16-5-1-2-6-17(16)18-7-3-4-12-19-18/h1-13H. The molecule has 0 aliphatic heterocycles. The van der Waals surface area contributed by atoms with Crippen molar-refractivity contribution in [3.8, 4) is 22.4 Å². The van der Waals surface area contributed by atoms with Crippen LogP contribution in [-0.2, 0) is 0 Å². The zero-order chi connectivity index (χ0) is 13.8. The lowest BCUT2D eigenvalue weighted by atomic mass is 9.97. The molecule has 1 aromatic heterocycles. The maximum absolute atomic E-state index is 10.7. The fraction of sp³-hybridized carbons (Fsp3) is 0. The molecule has 2 heteroatoms. The Bertz CT molecular complexity index is 718. The highest BCUT2D eigenvalue weighted by molar-refractivity contribution is 5.83. The third-order valence-corrected chi connectivity index (χ3v) is 3.23. The predicted octanol–water partition coefficient (Wildman–Crippen LogP) is 4.23. The normalized spacial score (nSPS) is 10.2. The van der Waals surface area contributed by atoms with Crippen molar-refractivity contribution < 1.29 is 4.79 Å². The van der Waals surface area contributed by atoms with Gasteiger partial charge >= 0.3 is 0 Å². The molecular weight excluding hydrogens is 246 g/mol. The number of aldehydes is 1. The molecular formula is C18H13NO. The molecule has 0 aliphatic carbocycles. The second-order valence-electron chi connectivity index (χ2n) is 4.50. The van der Waals surface area contributed by atoms with Crippen molar-refractivity contribution in [2.24, 2.45) is 0 Å². The molecule has 0 saturated carbocycles. The number of aromatic nitrogens is 1. The largest absolute Gasteiger partial charge is 0.298 e. The van der Waals surface area contributed by atoms with Crippen molar-refractivity contribution in [1.29, 1.82) is 0 Å². The molecule has 0 unspecified atom stereocenters. The van der Waals surface area contributed by atoms with Crippen molar-refractivity contribution in [3.05, 3.63) is 78.5 Å². The second-order valence-corrected chi connectivity index (χ2v) is 4.50. The summed E-state index contributed by atoms with van der Waals surface area (Å²) < 4.78 is 0. The average Bonchev–Trinajstić information content (AvgIpc) is 2.56. The molecule has 0 bridgehead atoms. The Morgan fingerprint density at radius 1 is 0.750 bits per heavy atom. The first-order valence-electron chi connectivity index (χ1n) is 6.44. The zero-order valence-corrected chi connectivity index (χ0v) is 10.9. The number of pyridine rings is 1. The van der Waals surface area contributed by atoms with Crippen LogP contribution in [0.5, 0.6) is 0 Å². The first kappa shape index (κ1) is 12.3. The molecule has 0 aliphatic rings. The van der Waals surface area contributed by atoms with E-state index in [1.807, 2.05) is 54.6 Å². The van der Waals surface area contributed by atoms with Crippen molar-refractivity contribution in [2.45, 2.75) is 0 Å². The lowest BCUT2D eigenvalue weighted by Crippen LogP contribution is -1.88. The molecule has 2 nitrogen and oxygen atoms in total. The molecule has 20 heavy (non-hydrogen) atoms.